The van der Waals surface area contributed by atoms with Crippen LogP contribution in [0.15, 0.2) is 42.5 Å². The molecule has 3 rings (SSSR count). The molecule has 0 radical (unpaired) electrons. The summed E-state index contributed by atoms with van der Waals surface area (Å²) in [5, 5.41) is 2.65. The first kappa shape index (κ1) is 22.1. The van der Waals surface area contributed by atoms with Crippen molar-refractivity contribution in [2.75, 3.05) is 45.7 Å². The van der Waals surface area contributed by atoms with Crippen molar-refractivity contribution in [3.63, 3.8) is 0 Å². The molecule has 10 heteroatoms. The first-order valence-electron chi connectivity index (χ1n) is 9.53. The fraction of sp³-hybridized carbons (Fsp3) is 0.333. The zero-order chi connectivity index (χ0) is 22.4. The Bertz CT molecular complexity index is 933. The molecular formula is C21H23F2N3O5. The minimum Gasteiger partial charge on any atom is -0.497 e. The van der Waals surface area contributed by atoms with E-state index in [1.54, 1.807) is 34.1 Å². The molecule has 0 aromatic heterocycles. The molecule has 0 saturated carbocycles. The minimum absolute atomic E-state index is 0.128. The number of hydrogen-bond donors (Lipinski definition) is 1. The average Bonchev–Trinajstić information content (AvgIpc) is 2.78. The average molecular weight is 435 g/mol. The van der Waals surface area contributed by atoms with Crippen LogP contribution in [0.3, 0.4) is 0 Å². The number of nitrogens with one attached hydrogen (secondary N) is 1. The standard InChI is InChI=1S/C21H23F2N3O5/c1-29-16-5-3-4-14(12-16)19(27)25-8-10-26(11-9-25)21(28)24-15-6-7-17(30-2)18(13-15)31-20(22)23/h3-7,12-13,20H,8-11H2,1-2H3,(H,24,28). The van der Waals surface area contributed by atoms with Crippen molar-refractivity contribution in [3.8, 4) is 17.2 Å². The molecule has 2 aromatic carbocycles. The number of rotatable bonds is 6. The van der Waals surface area contributed by atoms with Gasteiger partial charge in [-0.15, -0.1) is 0 Å². The number of ether oxygens (including phenoxy) is 3. The van der Waals surface area contributed by atoms with E-state index in [2.05, 4.69) is 10.1 Å². The molecule has 1 N–H and O–H groups in total. The highest BCUT2D eigenvalue weighted by atomic mass is 19.3. The monoisotopic (exact) mass is 435 g/mol. The third-order valence-electron chi connectivity index (χ3n) is 4.80. The summed E-state index contributed by atoms with van der Waals surface area (Å²) in [4.78, 5) is 28.5. The summed E-state index contributed by atoms with van der Waals surface area (Å²) in [7, 11) is 2.87. The third kappa shape index (κ3) is 5.53. The lowest BCUT2D eigenvalue weighted by Crippen LogP contribution is -2.51. The van der Waals surface area contributed by atoms with Crippen LogP contribution in [0, 0.1) is 0 Å². The predicted octanol–water partition coefficient (Wildman–Crippen LogP) is 3.30. The number of urea groups is 1. The van der Waals surface area contributed by atoms with Crippen molar-refractivity contribution in [1.82, 2.24) is 9.80 Å². The molecule has 31 heavy (non-hydrogen) atoms. The summed E-state index contributed by atoms with van der Waals surface area (Å²) in [5.74, 6) is 0.411. The summed E-state index contributed by atoms with van der Waals surface area (Å²) < 4.78 is 39.7. The van der Waals surface area contributed by atoms with E-state index in [1.165, 1.54) is 32.4 Å². The molecule has 1 saturated heterocycles. The Morgan fingerprint density at radius 3 is 2.29 bits per heavy atom. The van der Waals surface area contributed by atoms with Crippen molar-refractivity contribution in [1.29, 1.82) is 0 Å². The molecule has 1 heterocycles. The number of carbonyl (C=O) groups is 2. The zero-order valence-electron chi connectivity index (χ0n) is 17.1. The molecule has 0 unspecified atom stereocenters. The van der Waals surface area contributed by atoms with Crippen LogP contribution in [0.25, 0.3) is 0 Å². The Balaban J connectivity index is 1.58. The van der Waals surface area contributed by atoms with Crippen molar-refractivity contribution in [3.05, 3.63) is 48.0 Å². The second-order valence-electron chi connectivity index (χ2n) is 6.69. The first-order chi connectivity index (χ1) is 14.9. The van der Waals surface area contributed by atoms with Gasteiger partial charge in [-0.05, 0) is 30.3 Å². The fourth-order valence-corrected chi connectivity index (χ4v) is 3.20. The van der Waals surface area contributed by atoms with E-state index in [-0.39, 0.29) is 23.1 Å². The first-order valence-corrected chi connectivity index (χ1v) is 9.53. The Morgan fingerprint density at radius 1 is 0.935 bits per heavy atom. The molecule has 0 spiro atoms. The highest BCUT2D eigenvalue weighted by Crippen LogP contribution is 2.31. The van der Waals surface area contributed by atoms with Crippen LogP contribution in [0.4, 0.5) is 19.3 Å². The molecule has 2 aromatic rings. The van der Waals surface area contributed by atoms with Crippen LogP contribution in [0.2, 0.25) is 0 Å². The maximum Gasteiger partial charge on any atom is 0.387 e. The van der Waals surface area contributed by atoms with Gasteiger partial charge >= 0.3 is 12.6 Å². The zero-order valence-corrected chi connectivity index (χ0v) is 17.1. The van der Waals surface area contributed by atoms with Gasteiger partial charge in [0.1, 0.15) is 5.75 Å². The van der Waals surface area contributed by atoms with Gasteiger partial charge in [0.2, 0.25) is 0 Å². The molecule has 1 aliphatic heterocycles. The van der Waals surface area contributed by atoms with Gasteiger partial charge < -0.3 is 29.3 Å². The Labute approximate surface area is 178 Å². The number of amides is 3. The van der Waals surface area contributed by atoms with Gasteiger partial charge in [-0.2, -0.15) is 8.78 Å². The molecule has 0 bridgehead atoms. The molecule has 166 valence electrons. The second kappa shape index (κ2) is 9.96. The van der Waals surface area contributed by atoms with Gasteiger partial charge in [-0.1, -0.05) is 6.07 Å². The van der Waals surface area contributed by atoms with Gasteiger partial charge in [0.25, 0.3) is 5.91 Å². The largest absolute Gasteiger partial charge is 0.497 e. The number of halogens is 2. The van der Waals surface area contributed by atoms with Gasteiger partial charge in [0, 0.05) is 43.5 Å². The number of nitrogens with zero attached hydrogens (tertiary/aromatic N) is 2. The highest BCUT2D eigenvalue weighted by Gasteiger charge is 2.25. The van der Waals surface area contributed by atoms with Crippen molar-refractivity contribution >= 4 is 17.6 Å². The summed E-state index contributed by atoms with van der Waals surface area (Å²) in [6, 6.07) is 10.7. The number of methoxy groups -OCH3 is 2. The number of hydrogen-bond acceptors (Lipinski definition) is 5. The van der Waals surface area contributed by atoms with E-state index in [9.17, 15) is 18.4 Å². The van der Waals surface area contributed by atoms with Gasteiger partial charge in [0.15, 0.2) is 11.5 Å². The fourth-order valence-electron chi connectivity index (χ4n) is 3.20. The number of anilines is 1. The minimum atomic E-state index is -3.02. The predicted molar refractivity (Wildman–Crippen MR) is 109 cm³/mol. The Hall–Kier alpha value is -3.56. The lowest BCUT2D eigenvalue weighted by atomic mass is 10.1. The summed E-state index contributed by atoms with van der Waals surface area (Å²) in [6.45, 7) is -1.62. The molecule has 1 aliphatic rings. The van der Waals surface area contributed by atoms with Crippen molar-refractivity contribution in [2.45, 2.75) is 6.61 Å². The van der Waals surface area contributed by atoms with Crippen molar-refractivity contribution < 1.29 is 32.6 Å². The maximum atomic E-state index is 12.7. The smallest absolute Gasteiger partial charge is 0.387 e. The van der Waals surface area contributed by atoms with Gasteiger partial charge in [-0.3, -0.25) is 4.79 Å². The molecule has 8 nitrogen and oxygen atoms in total. The Morgan fingerprint density at radius 2 is 1.65 bits per heavy atom. The SMILES string of the molecule is COc1cccc(C(=O)N2CCN(C(=O)Nc3ccc(OC)c(OC(F)F)c3)CC2)c1. The van der Waals surface area contributed by atoms with Gasteiger partial charge in [0.05, 0.1) is 14.2 Å². The second-order valence-corrected chi connectivity index (χ2v) is 6.69. The van der Waals surface area contributed by atoms with Crippen molar-refractivity contribution in [2.24, 2.45) is 0 Å². The lowest BCUT2D eigenvalue weighted by Gasteiger charge is -2.34. The van der Waals surface area contributed by atoms with Crippen LogP contribution < -0.4 is 19.5 Å². The van der Waals surface area contributed by atoms with Crippen LogP contribution in [0.5, 0.6) is 17.2 Å². The summed E-state index contributed by atoms with van der Waals surface area (Å²) >= 11 is 0. The number of benzene rings is 2. The van der Waals surface area contributed by atoms with Crippen LogP contribution in [-0.2, 0) is 0 Å². The molecule has 0 atom stereocenters. The molecule has 1 fully saturated rings. The summed E-state index contributed by atoms with van der Waals surface area (Å²) in [6.07, 6.45) is 0. The molecule has 3 amide bonds. The maximum absolute atomic E-state index is 12.7. The van der Waals surface area contributed by atoms with Gasteiger partial charge in [-0.25, -0.2) is 4.79 Å². The number of carbonyl (C=O) groups excluding carboxylic acids is 2. The number of piperazine rings is 1. The van der Waals surface area contributed by atoms with Crippen LogP contribution >= 0.6 is 0 Å². The van der Waals surface area contributed by atoms with E-state index in [1.807, 2.05) is 0 Å². The molecule has 0 aliphatic carbocycles. The third-order valence-corrected chi connectivity index (χ3v) is 4.80. The highest BCUT2D eigenvalue weighted by molar-refractivity contribution is 5.95. The van der Waals surface area contributed by atoms with E-state index < -0.39 is 12.6 Å². The normalized spacial score (nSPS) is 13.7. The van der Waals surface area contributed by atoms with E-state index in [0.717, 1.165) is 0 Å². The topological polar surface area (TPSA) is 80.3 Å². The van der Waals surface area contributed by atoms with E-state index in [4.69, 9.17) is 9.47 Å². The quantitative estimate of drug-likeness (QED) is 0.753. The van der Waals surface area contributed by atoms with Crippen LogP contribution in [-0.4, -0.2) is 68.7 Å². The van der Waals surface area contributed by atoms with E-state index in [0.29, 0.717) is 37.5 Å². The number of alkyl halides is 2. The van der Waals surface area contributed by atoms with Crippen LogP contribution in [0.1, 0.15) is 10.4 Å². The Kier molecular flexibility index (Phi) is 7.11. The molecular weight excluding hydrogens is 412 g/mol. The lowest BCUT2D eigenvalue weighted by molar-refractivity contribution is -0.0511. The van der Waals surface area contributed by atoms with E-state index >= 15 is 0 Å². The summed E-state index contributed by atoms with van der Waals surface area (Å²) in [5.41, 5.74) is 0.804.